The summed E-state index contributed by atoms with van der Waals surface area (Å²) in [5.74, 6) is 0. The number of rotatable bonds is 3. The van der Waals surface area contributed by atoms with E-state index in [0.717, 1.165) is 10.5 Å². The first kappa shape index (κ1) is 13.1. The Morgan fingerprint density at radius 2 is 2.22 bits per heavy atom. The molecule has 2 aromatic rings. The Morgan fingerprint density at radius 1 is 1.44 bits per heavy atom. The molecule has 1 aromatic carbocycles. The van der Waals surface area contributed by atoms with E-state index in [4.69, 9.17) is 16.7 Å². The Labute approximate surface area is 113 Å². The molecule has 0 amide bonds. The van der Waals surface area contributed by atoms with Gasteiger partial charge in [0, 0.05) is 16.7 Å². The first-order chi connectivity index (χ1) is 8.58. The van der Waals surface area contributed by atoms with E-state index in [2.05, 4.69) is 9.97 Å². The van der Waals surface area contributed by atoms with Crippen LogP contribution in [0, 0.1) is 6.92 Å². The second-order valence-electron chi connectivity index (χ2n) is 3.72. The molecule has 0 saturated heterocycles. The predicted octanol–water partition coefficient (Wildman–Crippen LogP) is 2.38. The number of hydrogen-bond donors (Lipinski definition) is 2. The van der Waals surface area contributed by atoms with Crippen molar-refractivity contribution in [1.29, 1.82) is 0 Å². The summed E-state index contributed by atoms with van der Waals surface area (Å²) < 4.78 is 0. The van der Waals surface area contributed by atoms with Gasteiger partial charge in [0.15, 0.2) is 5.16 Å². The number of halogens is 1. The third-order valence-corrected chi connectivity index (χ3v) is 3.62. The van der Waals surface area contributed by atoms with Gasteiger partial charge in [-0.1, -0.05) is 29.4 Å². The molecule has 1 heterocycles. The minimum atomic E-state index is -0.187. The summed E-state index contributed by atoms with van der Waals surface area (Å²) in [5, 5.41) is 10.0. The van der Waals surface area contributed by atoms with Crippen LogP contribution in [0.25, 0.3) is 0 Å². The Kier molecular flexibility index (Phi) is 4.06. The highest BCUT2D eigenvalue weighted by molar-refractivity contribution is 7.99. The molecule has 0 aliphatic carbocycles. The van der Waals surface area contributed by atoms with Crippen LogP contribution in [0.4, 0.5) is 0 Å². The summed E-state index contributed by atoms with van der Waals surface area (Å²) in [6, 6.07) is 6.70. The number of aliphatic hydroxyl groups is 1. The van der Waals surface area contributed by atoms with Gasteiger partial charge in [-0.25, -0.2) is 4.98 Å². The average Bonchev–Trinajstić information content (AvgIpc) is 2.30. The van der Waals surface area contributed by atoms with Gasteiger partial charge in [0.05, 0.1) is 11.6 Å². The number of H-pyrrole nitrogens is 1. The SMILES string of the molecule is Cc1cc(=O)[nH]c(Sc2ccc(CO)cc2Cl)n1. The summed E-state index contributed by atoms with van der Waals surface area (Å²) in [6.07, 6.45) is 0. The quantitative estimate of drug-likeness (QED) is 0.848. The van der Waals surface area contributed by atoms with E-state index in [1.165, 1.54) is 17.8 Å². The molecule has 4 nitrogen and oxygen atoms in total. The van der Waals surface area contributed by atoms with E-state index >= 15 is 0 Å². The average molecular weight is 283 g/mol. The van der Waals surface area contributed by atoms with Crippen LogP contribution in [0.5, 0.6) is 0 Å². The monoisotopic (exact) mass is 282 g/mol. The van der Waals surface area contributed by atoms with Gasteiger partial charge in [-0.2, -0.15) is 0 Å². The van der Waals surface area contributed by atoms with E-state index in [9.17, 15) is 4.79 Å². The van der Waals surface area contributed by atoms with E-state index < -0.39 is 0 Å². The topological polar surface area (TPSA) is 66.0 Å². The van der Waals surface area contributed by atoms with Crippen molar-refractivity contribution in [1.82, 2.24) is 9.97 Å². The Balaban J connectivity index is 2.31. The molecule has 0 fully saturated rings. The van der Waals surface area contributed by atoms with E-state index in [0.29, 0.717) is 15.9 Å². The third-order valence-electron chi connectivity index (χ3n) is 2.23. The van der Waals surface area contributed by atoms with Crippen LogP contribution >= 0.6 is 23.4 Å². The van der Waals surface area contributed by atoms with Gasteiger partial charge < -0.3 is 10.1 Å². The van der Waals surface area contributed by atoms with E-state index in [-0.39, 0.29) is 12.2 Å². The van der Waals surface area contributed by atoms with Crippen LogP contribution in [0.2, 0.25) is 5.02 Å². The van der Waals surface area contributed by atoms with Gasteiger partial charge in [-0.3, -0.25) is 4.79 Å². The van der Waals surface area contributed by atoms with Gasteiger partial charge in [-0.15, -0.1) is 0 Å². The zero-order valence-electron chi connectivity index (χ0n) is 9.61. The number of nitrogens with one attached hydrogen (secondary N) is 1. The van der Waals surface area contributed by atoms with Gasteiger partial charge in [0.2, 0.25) is 0 Å². The first-order valence-electron chi connectivity index (χ1n) is 5.23. The predicted molar refractivity (Wildman–Crippen MR) is 71.1 cm³/mol. The molecule has 0 saturated carbocycles. The molecule has 0 atom stereocenters. The molecular weight excluding hydrogens is 272 g/mol. The second-order valence-corrected chi connectivity index (χ2v) is 5.15. The molecule has 0 aliphatic heterocycles. The lowest BCUT2D eigenvalue weighted by Crippen LogP contribution is -2.07. The number of hydrogen-bond acceptors (Lipinski definition) is 4. The summed E-state index contributed by atoms with van der Waals surface area (Å²) in [4.78, 5) is 18.9. The zero-order chi connectivity index (χ0) is 13.1. The van der Waals surface area contributed by atoms with E-state index in [1.54, 1.807) is 25.1 Å². The molecule has 1 aromatic heterocycles. The molecule has 0 radical (unpaired) electrons. The summed E-state index contributed by atoms with van der Waals surface area (Å²) in [6.45, 7) is 1.71. The number of aliphatic hydroxyl groups excluding tert-OH is 1. The molecule has 94 valence electrons. The maximum Gasteiger partial charge on any atom is 0.251 e. The molecule has 0 spiro atoms. The smallest absolute Gasteiger partial charge is 0.251 e. The molecule has 18 heavy (non-hydrogen) atoms. The number of aromatic amines is 1. The highest BCUT2D eigenvalue weighted by atomic mass is 35.5. The summed E-state index contributed by atoms with van der Waals surface area (Å²) in [7, 11) is 0. The minimum absolute atomic E-state index is 0.0514. The van der Waals surface area contributed by atoms with Crippen molar-refractivity contribution in [3.8, 4) is 0 Å². The van der Waals surface area contributed by atoms with Crippen molar-refractivity contribution >= 4 is 23.4 Å². The fourth-order valence-electron chi connectivity index (χ4n) is 1.43. The second kappa shape index (κ2) is 5.56. The highest BCUT2D eigenvalue weighted by Gasteiger charge is 2.06. The highest BCUT2D eigenvalue weighted by Crippen LogP contribution is 2.31. The lowest BCUT2D eigenvalue weighted by atomic mass is 10.2. The van der Waals surface area contributed by atoms with Crippen LogP contribution in [-0.2, 0) is 6.61 Å². The number of benzene rings is 1. The summed E-state index contributed by atoms with van der Waals surface area (Å²) >= 11 is 7.37. The summed E-state index contributed by atoms with van der Waals surface area (Å²) in [5.41, 5.74) is 1.22. The number of aromatic nitrogens is 2. The van der Waals surface area contributed by atoms with Crippen molar-refractivity contribution in [2.75, 3.05) is 0 Å². The molecule has 0 unspecified atom stereocenters. The Morgan fingerprint density at radius 3 is 2.83 bits per heavy atom. The number of nitrogens with zero attached hydrogens (tertiary/aromatic N) is 1. The van der Waals surface area contributed by atoms with Crippen molar-refractivity contribution < 1.29 is 5.11 Å². The van der Waals surface area contributed by atoms with Crippen LogP contribution in [0.3, 0.4) is 0 Å². The van der Waals surface area contributed by atoms with Crippen molar-refractivity contribution in [3.63, 3.8) is 0 Å². The third kappa shape index (κ3) is 3.13. The Hall–Kier alpha value is -1.30. The fourth-order valence-corrected chi connectivity index (χ4v) is 2.59. The minimum Gasteiger partial charge on any atom is -0.392 e. The van der Waals surface area contributed by atoms with Crippen LogP contribution in [0.15, 0.2) is 39.1 Å². The van der Waals surface area contributed by atoms with Gasteiger partial charge in [0.1, 0.15) is 0 Å². The molecule has 0 bridgehead atoms. The Bertz CT molecular complexity index is 628. The largest absolute Gasteiger partial charge is 0.392 e. The maximum absolute atomic E-state index is 11.3. The van der Waals surface area contributed by atoms with Crippen molar-refractivity contribution in [2.24, 2.45) is 0 Å². The lowest BCUT2D eigenvalue weighted by molar-refractivity contribution is 0.282. The van der Waals surface area contributed by atoms with Gasteiger partial charge in [0.25, 0.3) is 5.56 Å². The van der Waals surface area contributed by atoms with Crippen LogP contribution in [0.1, 0.15) is 11.3 Å². The number of aryl methyl sites for hydroxylation is 1. The van der Waals surface area contributed by atoms with E-state index in [1.807, 2.05) is 0 Å². The van der Waals surface area contributed by atoms with Gasteiger partial charge >= 0.3 is 0 Å². The molecule has 0 aliphatic rings. The normalized spacial score (nSPS) is 10.6. The molecule has 2 rings (SSSR count). The molecular formula is C12H11ClN2O2S. The zero-order valence-corrected chi connectivity index (χ0v) is 11.2. The maximum atomic E-state index is 11.3. The lowest BCUT2D eigenvalue weighted by Gasteiger charge is -2.05. The van der Waals surface area contributed by atoms with Crippen LogP contribution in [-0.4, -0.2) is 15.1 Å². The van der Waals surface area contributed by atoms with Gasteiger partial charge in [-0.05, 0) is 24.6 Å². The van der Waals surface area contributed by atoms with Crippen LogP contribution < -0.4 is 5.56 Å². The van der Waals surface area contributed by atoms with Crippen molar-refractivity contribution in [3.05, 3.63) is 50.9 Å². The first-order valence-corrected chi connectivity index (χ1v) is 6.43. The molecule has 6 heteroatoms. The molecule has 2 N–H and O–H groups in total. The fraction of sp³-hybridized carbons (Fsp3) is 0.167. The van der Waals surface area contributed by atoms with Crippen molar-refractivity contribution in [2.45, 2.75) is 23.6 Å². The standard InChI is InChI=1S/C12H11ClN2O2S/c1-7-4-11(17)15-12(14-7)18-10-3-2-8(6-16)5-9(10)13/h2-5,16H,6H2,1H3,(H,14,15,17).